The average Bonchev–Trinajstić information content (AvgIpc) is 2.70. The van der Waals surface area contributed by atoms with Gasteiger partial charge in [0.1, 0.15) is 5.82 Å². The van der Waals surface area contributed by atoms with Gasteiger partial charge >= 0.3 is 0 Å². The lowest BCUT2D eigenvalue weighted by Gasteiger charge is -2.28. The molecule has 0 aromatic heterocycles. The molecule has 0 bridgehead atoms. The highest BCUT2D eigenvalue weighted by Gasteiger charge is 2.20. The third kappa shape index (κ3) is 3.89. The lowest BCUT2D eigenvalue weighted by Crippen LogP contribution is -2.36. The van der Waals surface area contributed by atoms with Crippen molar-refractivity contribution < 1.29 is 9.18 Å². The molecular formula is C17H24FNO. The van der Waals surface area contributed by atoms with Gasteiger partial charge in [-0.1, -0.05) is 31.9 Å². The zero-order chi connectivity index (χ0) is 14.4. The van der Waals surface area contributed by atoms with Crippen molar-refractivity contribution in [1.29, 1.82) is 0 Å². The summed E-state index contributed by atoms with van der Waals surface area (Å²) in [6.07, 6.45) is 6.56. The maximum atomic E-state index is 13.6. The van der Waals surface area contributed by atoms with Gasteiger partial charge in [0.15, 0.2) is 5.78 Å². The molecule has 0 aliphatic carbocycles. The lowest BCUT2D eigenvalue weighted by molar-refractivity contribution is 0.0945. The van der Waals surface area contributed by atoms with Crippen molar-refractivity contribution >= 4 is 5.78 Å². The van der Waals surface area contributed by atoms with Gasteiger partial charge < -0.3 is 0 Å². The summed E-state index contributed by atoms with van der Waals surface area (Å²) >= 11 is 0. The summed E-state index contributed by atoms with van der Waals surface area (Å²) in [6, 6.07) is 6.86. The van der Waals surface area contributed by atoms with E-state index in [0.29, 0.717) is 12.5 Å². The van der Waals surface area contributed by atoms with Crippen molar-refractivity contribution in [2.24, 2.45) is 0 Å². The van der Waals surface area contributed by atoms with E-state index in [-0.39, 0.29) is 11.3 Å². The largest absolute Gasteiger partial charge is 0.300 e. The normalized spacial score (nSPS) is 20.6. The monoisotopic (exact) mass is 277 g/mol. The Kier molecular flexibility index (Phi) is 5.72. The Morgan fingerprint density at radius 2 is 2.10 bits per heavy atom. The van der Waals surface area contributed by atoms with E-state index in [1.165, 1.54) is 31.7 Å². The third-order valence-corrected chi connectivity index (χ3v) is 4.27. The number of nitrogens with zero attached hydrogens (tertiary/aromatic N) is 1. The number of hydrogen-bond donors (Lipinski definition) is 0. The highest BCUT2D eigenvalue weighted by atomic mass is 19.1. The predicted molar refractivity (Wildman–Crippen MR) is 79.5 cm³/mol. The summed E-state index contributed by atoms with van der Waals surface area (Å²) < 4.78 is 13.6. The number of benzene rings is 1. The van der Waals surface area contributed by atoms with Crippen LogP contribution in [0.15, 0.2) is 24.3 Å². The Morgan fingerprint density at radius 3 is 2.85 bits per heavy atom. The smallest absolute Gasteiger partial charge is 0.167 e. The van der Waals surface area contributed by atoms with Crippen LogP contribution in [0.2, 0.25) is 0 Å². The molecule has 1 aliphatic heterocycles. The van der Waals surface area contributed by atoms with E-state index in [2.05, 4.69) is 11.8 Å². The Hall–Kier alpha value is -1.22. The second-order valence-electron chi connectivity index (χ2n) is 5.60. The molecule has 1 aromatic rings. The van der Waals surface area contributed by atoms with Crippen molar-refractivity contribution in [2.75, 3.05) is 13.1 Å². The zero-order valence-corrected chi connectivity index (χ0v) is 12.3. The molecule has 0 saturated carbocycles. The first kappa shape index (κ1) is 15.2. The number of carbonyl (C=O) groups excluding carboxylic acids is 1. The quantitative estimate of drug-likeness (QED) is 0.757. The number of likely N-dealkylation sites (tertiary alicyclic amines) is 1. The Balaban J connectivity index is 1.93. The molecule has 1 saturated heterocycles. The van der Waals surface area contributed by atoms with E-state index < -0.39 is 5.82 Å². The maximum absolute atomic E-state index is 13.6. The average molecular weight is 277 g/mol. The first-order valence-corrected chi connectivity index (χ1v) is 7.74. The van der Waals surface area contributed by atoms with Gasteiger partial charge in [0, 0.05) is 19.0 Å². The summed E-state index contributed by atoms with van der Waals surface area (Å²) in [5, 5.41) is 0. The molecule has 3 heteroatoms. The Morgan fingerprint density at radius 1 is 1.30 bits per heavy atom. The molecule has 2 nitrogen and oxygen atoms in total. The summed E-state index contributed by atoms with van der Waals surface area (Å²) in [6.45, 7) is 4.04. The van der Waals surface area contributed by atoms with Crippen LogP contribution in [0.25, 0.3) is 0 Å². The van der Waals surface area contributed by atoms with Crippen molar-refractivity contribution in [2.45, 2.75) is 51.5 Å². The van der Waals surface area contributed by atoms with Crippen molar-refractivity contribution in [3.8, 4) is 0 Å². The second-order valence-corrected chi connectivity index (χ2v) is 5.60. The van der Waals surface area contributed by atoms with Gasteiger partial charge in [-0.2, -0.15) is 0 Å². The minimum Gasteiger partial charge on any atom is -0.300 e. The van der Waals surface area contributed by atoms with Gasteiger partial charge in [-0.3, -0.25) is 9.69 Å². The van der Waals surface area contributed by atoms with Crippen molar-refractivity contribution in [1.82, 2.24) is 4.90 Å². The number of rotatable bonds is 5. The Labute approximate surface area is 121 Å². The highest BCUT2D eigenvalue weighted by molar-refractivity contribution is 5.96. The predicted octanol–water partition coefficient (Wildman–Crippen LogP) is 4.05. The fourth-order valence-corrected chi connectivity index (χ4v) is 3.06. The van der Waals surface area contributed by atoms with Gasteiger partial charge in [-0.15, -0.1) is 0 Å². The van der Waals surface area contributed by atoms with Gasteiger partial charge in [-0.05, 0) is 37.9 Å². The number of hydrogen-bond acceptors (Lipinski definition) is 2. The first-order chi connectivity index (χ1) is 9.72. The molecule has 1 heterocycles. The molecule has 0 amide bonds. The first-order valence-electron chi connectivity index (χ1n) is 7.74. The molecule has 0 radical (unpaired) electrons. The summed E-state index contributed by atoms with van der Waals surface area (Å²) in [4.78, 5) is 14.5. The number of halogens is 1. The highest BCUT2D eigenvalue weighted by Crippen LogP contribution is 2.20. The molecule has 1 atom stereocenters. The van der Waals surface area contributed by atoms with E-state index >= 15 is 0 Å². The molecule has 1 aliphatic rings. The van der Waals surface area contributed by atoms with E-state index in [1.807, 2.05) is 0 Å². The molecule has 1 unspecified atom stereocenters. The van der Waals surface area contributed by atoms with Crippen LogP contribution >= 0.6 is 0 Å². The number of ketones is 1. The Bertz CT molecular complexity index is 446. The zero-order valence-electron chi connectivity index (χ0n) is 12.3. The minimum atomic E-state index is -0.402. The van der Waals surface area contributed by atoms with Crippen LogP contribution in [0.3, 0.4) is 0 Å². The van der Waals surface area contributed by atoms with Crippen LogP contribution < -0.4 is 0 Å². The molecule has 20 heavy (non-hydrogen) atoms. The van der Waals surface area contributed by atoms with E-state index in [0.717, 1.165) is 19.5 Å². The van der Waals surface area contributed by atoms with Crippen LogP contribution in [0.4, 0.5) is 4.39 Å². The molecule has 2 rings (SSSR count). The van der Waals surface area contributed by atoms with E-state index in [1.54, 1.807) is 18.2 Å². The molecule has 110 valence electrons. The van der Waals surface area contributed by atoms with Crippen LogP contribution in [-0.2, 0) is 0 Å². The van der Waals surface area contributed by atoms with Crippen LogP contribution in [0.5, 0.6) is 0 Å². The molecule has 0 spiro atoms. The standard InChI is InChI=1S/C17H24FNO/c1-2-14-8-4-3-7-12-19(14)13-11-17(20)15-9-5-6-10-16(15)18/h5-6,9-10,14H,2-4,7-8,11-13H2,1H3. The fourth-order valence-electron chi connectivity index (χ4n) is 3.06. The topological polar surface area (TPSA) is 20.3 Å². The number of carbonyl (C=O) groups is 1. The van der Waals surface area contributed by atoms with Crippen LogP contribution in [0, 0.1) is 5.82 Å². The minimum absolute atomic E-state index is 0.0813. The van der Waals surface area contributed by atoms with E-state index in [4.69, 9.17) is 0 Å². The van der Waals surface area contributed by atoms with Gasteiger partial charge in [0.25, 0.3) is 0 Å². The number of Topliss-reactive ketones (excluding diaryl/α,β-unsaturated/α-hetero) is 1. The second kappa shape index (κ2) is 7.53. The SMILES string of the molecule is CCC1CCCCCN1CCC(=O)c1ccccc1F. The van der Waals surface area contributed by atoms with Crippen LogP contribution in [0.1, 0.15) is 55.8 Å². The molecule has 0 N–H and O–H groups in total. The maximum Gasteiger partial charge on any atom is 0.167 e. The third-order valence-electron chi connectivity index (χ3n) is 4.27. The van der Waals surface area contributed by atoms with E-state index in [9.17, 15) is 9.18 Å². The van der Waals surface area contributed by atoms with Crippen LogP contribution in [-0.4, -0.2) is 29.8 Å². The summed E-state index contributed by atoms with van der Waals surface area (Å²) in [5.41, 5.74) is 0.232. The lowest BCUT2D eigenvalue weighted by atomic mass is 10.1. The summed E-state index contributed by atoms with van der Waals surface area (Å²) in [5.74, 6) is -0.484. The van der Waals surface area contributed by atoms with Crippen molar-refractivity contribution in [3.63, 3.8) is 0 Å². The van der Waals surface area contributed by atoms with Gasteiger partial charge in [0.05, 0.1) is 5.56 Å². The van der Waals surface area contributed by atoms with Crippen molar-refractivity contribution in [3.05, 3.63) is 35.6 Å². The van der Waals surface area contributed by atoms with Gasteiger partial charge in [0.2, 0.25) is 0 Å². The molecule has 1 aromatic carbocycles. The molecule has 1 fully saturated rings. The summed E-state index contributed by atoms with van der Waals surface area (Å²) in [7, 11) is 0. The fraction of sp³-hybridized carbons (Fsp3) is 0.588. The van der Waals surface area contributed by atoms with Gasteiger partial charge in [-0.25, -0.2) is 4.39 Å². The molecular weight excluding hydrogens is 253 g/mol.